The van der Waals surface area contributed by atoms with Crippen molar-refractivity contribution in [2.24, 2.45) is 5.73 Å². The average Bonchev–Trinajstić information content (AvgIpc) is 2.37. The molecule has 1 aromatic rings. The summed E-state index contributed by atoms with van der Waals surface area (Å²) in [6, 6.07) is 2.76. The quantitative estimate of drug-likeness (QED) is 0.834. The van der Waals surface area contributed by atoms with Gasteiger partial charge in [0.15, 0.2) is 11.5 Å². The van der Waals surface area contributed by atoms with E-state index < -0.39 is 10.0 Å². The number of nitrogens with one attached hydrogen (secondary N) is 1. The molecule has 0 bridgehead atoms. The molecule has 2 rings (SSSR count). The molecule has 0 spiro atoms. The van der Waals surface area contributed by atoms with Crippen LogP contribution in [0.25, 0.3) is 0 Å². The van der Waals surface area contributed by atoms with Gasteiger partial charge >= 0.3 is 0 Å². The van der Waals surface area contributed by atoms with Gasteiger partial charge in [-0.1, -0.05) is 11.6 Å². The Bertz CT molecular complexity index is 593. The van der Waals surface area contributed by atoms with Crippen molar-refractivity contribution in [1.29, 1.82) is 0 Å². The van der Waals surface area contributed by atoms with E-state index in [-0.39, 0.29) is 34.9 Å². The maximum absolute atomic E-state index is 12.2. The zero-order valence-electron chi connectivity index (χ0n) is 11.5. The summed E-state index contributed by atoms with van der Waals surface area (Å²) in [5.74, 6) is 0.837. The second-order valence-electron chi connectivity index (χ2n) is 4.59. The molecule has 1 atom stereocenters. The van der Waals surface area contributed by atoms with E-state index in [2.05, 4.69) is 4.72 Å². The van der Waals surface area contributed by atoms with Crippen LogP contribution in [0.2, 0.25) is 5.02 Å². The first kappa shape index (κ1) is 18.3. The zero-order valence-corrected chi connectivity index (χ0v) is 13.9. The molecule has 1 aliphatic rings. The topological polar surface area (TPSA) is 90.7 Å². The Labute approximate surface area is 135 Å². The lowest BCUT2D eigenvalue weighted by Gasteiger charge is -2.20. The highest BCUT2D eigenvalue weighted by molar-refractivity contribution is 7.89. The van der Waals surface area contributed by atoms with Gasteiger partial charge in [0.25, 0.3) is 0 Å². The molecule has 1 unspecified atom stereocenters. The number of halogens is 2. The molecule has 1 aliphatic heterocycles. The van der Waals surface area contributed by atoms with E-state index >= 15 is 0 Å². The molecule has 0 saturated heterocycles. The highest BCUT2D eigenvalue weighted by Gasteiger charge is 2.23. The van der Waals surface area contributed by atoms with Crippen molar-refractivity contribution in [3.05, 3.63) is 17.2 Å². The minimum atomic E-state index is -3.69. The summed E-state index contributed by atoms with van der Waals surface area (Å²) in [6.45, 7) is 2.87. The van der Waals surface area contributed by atoms with Crippen molar-refractivity contribution >= 4 is 34.0 Å². The SMILES string of the molecule is CC(N)CCNS(=O)(=O)c1cc2c(cc1Cl)OCCO2.Cl. The molecule has 0 radical (unpaired) electrons. The highest BCUT2D eigenvalue weighted by Crippen LogP contribution is 2.37. The molecular formula is C12H18Cl2N2O4S. The normalized spacial score (nSPS) is 15.2. The fourth-order valence-electron chi connectivity index (χ4n) is 1.75. The maximum Gasteiger partial charge on any atom is 0.242 e. The Morgan fingerprint density at radius 2 is 1.90 bits per heavy atom. The van der Waals surface area contributed by atoms with Crippen molar-refractivity contribution in [1.82, 2.24) is 4.72 Å². The summed E-state index contributed by atoms with van der Waals surface area (Å²) in [5.41, 5.74) is 5.58. The van der Waals surface area contributed by atoms with Crippen molar-refractivity contribution in [3.63, 3.8) is 0 Å². The zero-order chi connectivity index (χ0) is 14.8. The molecule has 21 heavy (non-hydrogen) atoms. The first-order valence-corrected chi connectivity index (χ1v) is 8.10. The minimum absolute atomic E-state index is 0. The molecule has 0 aliphatic carbocycles. The first-order chi connectivity index (χ1) is 9.40. The molecule has 1 aromatic carbocycles. The summed E-state index contributed by atoms with van der Waals surface area (Å²) < 4.78 is 37.5. The lowest BCUT2D eigenvalue weighted by molar-refractivity contribution is 0.171. The number of fused-ring (bicyclic) bond motifs is 1. The number of benzene rings is 1. The number of ether oxygens (including phenoxy) is 2. The van der Waals surface area contributed by atoms with Crippen LogP contribution in [-0.4, -0.2) is 34.2 Å². The molecule has 1 heterocycles. The highest BCUT2D eigenvalue weighted by atomic mass is 35.5. The van der Waals surface area contributed by atoms with Gasteiger partial charge in [0.1, 0.15) is 18.1 Å². The van der Waals surface area contributed by atoms with Crippen LogP contribution in [-0.2, 0) is 10.0 Å². The van der Waals surface area contributed by atoms with Crippen LogP contribution in [0.3, 0.4) is 0 Å². The van der Waals surface area contributed by atoms with Crippen LogP contribution in [0.1, 0.15) is 13.3 Å². The van der Waals surface area contributed by atoms with Crippen LogP contribution < -0.4 is 19.9 Å². The molecule has 3 N–H and O–H groups in total. The lowest BCUT2D eigenvalue weighted by Crippen LogP contribution is -2.29. The van der Waals surface area contributed by atoms with Gasteiger partial charge in [0.05, 0.1) is 5.02 Å². The van der Waals surface area contributed by atoms with Crippen LogP contribution in [0.15, 0.2) is 17.0 Å². The van der Waals surface area contributed by atoms with Crippen molar-refractivity contribution < 1.29 is 17.9 Å². The summed E-state index contributed by atoms with van der Waals surface area (Å²) in [7, 11) is -3.69. The molecule has 6 nitrogen and oxygen atoms in total. The van der Waals surface area contributed by atoms with Gasteiger partial charge in [-0.05, 0) is 13.3 Å². The van der Waals surface area contributed by atoms with Gasteiger partial charge < -0.3 is 15.2 Å². The molecule has 9 heteroatoms. The van der Waals surface area contributed by atoms with Gasteiger partial charge in [-0.2, -0.15) is 0 Å². The third kappa shape index (κ3) is 4.62. The van der Waals surface area contributed by atoms with Crippen molar-refractivity contribution in [2.75, 3.05) is 19.8 Å². The molecular weight excluding hydrogens is 339 g/mol. The summed E-state index contributed by atoms with van der Waals surface area (Å²) >= 11 is 6.01. The predicted octanol–water partition coefficient (Wildman–Crippen LogP) is 1.55. The third-order valence-electron chi connectivity index (χ3n) is 2.78. The smallest absolute Gasteiger partial charge is 0.242 e. The second-order valence-corrected chi connectivity index (χ2v) is 6.73. The van der Waals surface area contributed by atoms with Crippen molar-refractivity contribution in [3.8, 4) is 11.5 Å². The van der Waals surface area contributed by atoms with Gasteiger partial charge in [-0.3, -0.25) is 0 Å². The average molecular weight is 357 g/mol. The third-order valence-corrected chi connectivity index (χ3v) is 4.70. The first-order valence-electron chi connectivity index (χ1n) is 6.24. The number of nitrogens with two attached hydrogens (primary N) is 1. The van der Waals surface area contributed by atoms with E-state index in [1.807, 2.05) is 6.92 Å². The van der Waals surface area contributed by atoms with Gasteiger partial charge in [-0.25, -0.2) is 13.1 Å². The monoisotopic (exact) mass is 356 g/mol. The summed E-state index contributed by atoms with van der Waals surface area (Å²) in [6.07, 6.45) is 0.543. The fraction of sp³-hybridized carbons (Fsp3) is 0.500. The minimum Gasteiger partial charge on any atom is -0.486 e. The van der Waals surface area contributed by atoms with Crippen LogP contribution in [0, 0.1) is 0 Å². The van der Waals surface area contributed by atoms with Gasteiger partial charge in [0, 0.05) is 24.7 Å². The Morgan fingerprint density at radius 3 is 2.48 bits per heavy atom. The van der Waals surface area contributed by atoms with Crippen molar-refractivity contribution in [2.45, 2.75) is 24.3 Å². The number of hydrogen-bond donors (Lipinski definition) is 2. The fourth-order valence-corrected chi connectivity index (χ4v) is 3.33. The summed E-state index contributed by atoms with van der Waals surface area (Å²) in [5, 5.41) is 0.0996. The van der Waals surface area contributed by atoms with E-state index in [9.17, 15) is 8.42 Å². The number of sulfonamides is 1. The van der Waals surface area contributed by atoms with E-state index in [4.69, 9.17) is 26.8 Å². The largest absolute Gasteiger partial charge is 0.486 e. The van der Waals surface area contributed by atoms with E-state index in [1.165, 1.54) is 12.1 Å². The lowest BCUT2D eigenvalue weighted by atomic mass is 10.3. The summed E-state index contributed by atoms with van der Waals surface area (Å²) in [4.78, 5) is -0.0203. The molecule has 0 saturated carbocycles. The molecule has 0 fully saturated rings. The van der Waals surface area contributed by atoms with Crippen LogP contribution in [0.4, 0.5) is 0 Å². The molecule has 0 aromatic heterocycles. The van der Waals surface area contributed by atoms with E-state index in [0.717, 1.165) is 0 Å². The molecule has 120 valence electrons. The standard InChI is InChI=1S/C12H17ClN2O4S.ClH/c1-8(14)2-3-15-20(16,17)12-7-11-10(6-9(12)13)18-4-5-19-11;/h6-8,15H,2-5,14H2,1H3;1H. The maximum atomic E-state index is 12.2. The van der Waals surface area contributed by atoms with E-state index in [1.54, 1.807) is 0 Å². The van der Waals surface area contributed by atoms with Gasteiger partial charge in [-0.15, -0.1) is 12.4 Å². The number of hydrogen-bond acceptors (Lipinski definition) is 5. The predicted molar refractivity (Wildman–Crippen MR) is 83.1 cm³/mol. The van der Waals surface area contributed by atoms with E-state index in [0.29, 0.717) is 31.1 Å². The Kier molecular flexibility index (Phi) is 6.55. The number of rotatable bonds is 5. The Morgan fingerprint density at radius 1 is 1.33 bits per heavy atom. The van der Waals surface area contributed by atoms with Crippen LogP contribution in [0.5, 0.6) is 11.5 Å². The Hall–Kier alpha value is -0.730. The molecule has 0 amide bonds. The van der Waals surface area contributed by atoms with Gasteiger partial charge in [0.2, 0.25) is 10.0 Å². The van der Waals surface area contributed by atoms with Crippen LogP contribution >= 0.6 is 24.0 Å². The Balaban J connectivity index is 0.00000220. The second kappa shape index (κ2) is 7.51.